The fourth-order valence-electron chi connectivity index (χ4n) is 8.78. The van der Waals surface area contributed by atoms with Crippen LogP contribution in [0.1, 0.15) is 108 Å². The van der Waals surface area contributed by atoms with E-state index in [9.17, 15) is 28.8 Å². The van der Waals surface area contributed by atoms with E-state index in [1.165, 1.54) is 0 Å². The van der Waals surface area contributed by atoms with Gasteiger partial charge >= 0.3 is 35.8 Å². The molecule has 6 unspecified atom stereocenters. The Labute approximate surface area is 608 Å². The van der Waals surface area contributed by atoms with Crippen molar-refractivity contribution in [3.8, 4) is 34.5 Å². The van der Waals surface area contributed by atoms with Crippen LogP contribution in [0, 0.1) is 0 Å². The summed E-state index contributed by atoms with van der Waals surface area (Å²) in [6.45, 7) is 9.85. The minimum Gasteiger partial charge on any atom is -0.489 e. The molecule has 96 heavy (non-hydrogen) atoms. The average Bonchev–Trinajstić information content (AvgIpc) is 0.765. The van der Waals surface area contributed by atoms with Gasteiger partial charge in [-0.25, -0.2) is 0 Å². The first-order chi connectivity index (χ1) is 46.0. The number of benzene rings is 7. The number of hydrogen-bond acceptors (Lipinski definition) is 18. The van der Waals surface area contributed by atoms with Gasteiger partial charge in [-0.05, 0) is 148 Å². The Morgan fingerprint density at radius 3 is 0.438 bits per heavy atom. The standard InChI is InChI=1S/C72H72Br6O18/c1-43(73)67(79)91-31-49-7-19-55(20-8-49)85-37-61-62(38-86-56-21-9-50(10-22-56)32-92-68(80)44(2)74)64(40-88-58-25-13-52(14-26-58)34-94-70(82)46(4)76)66(42-90-60-29-17-54(18-30-60)36-96-72(84)48(6)78)65(41-89-59-27-15-53(16-28-59)35-95-71(83)47(5)77)63(61)39-87-57-23-11-51(12-24-57)33-93-69(81)45(3)75/h7-30,43-48H,31-42H2,1-6H3. The molecule has 510 valence electrons. The highest BCUT2D eigenvalue weighted by Gasteiger charge is 2.28. The van der Waals surface area contributed by atoms with Crippen LogP contribution in [0.5, 0.6) is 34.5 Å². The van der Waals surface area contributed by atoms with Crippen molar-refractivity contribution < 1.29 is 85.6 Å². The van der Waals surface area contributed by atoms with Gasteiger partial charge in [-0.15, -0.1) is 0 Å². The predicted octanol–water partition coefficient (Wildman–Crippen LogP) is 16.1. The molecule has 0 radical (unpaired) electrons. The second-order valence-corrected chi connectivity index (χ2v) is 30.1. The first kappa shape index (κ1) is 76.4. The Morgan fingerprint density at radius 2 is 0.333 bits per heavy atom. The van der Waals surface area contributed by atoms with Crippen molar-refractivity contribution in [3.05, 3.63) is 212 Å². The van der Waals surface area contributed by atoms with E-state index in [0.29, 0.717) is 67.9 Å². The van der Waals surface area contributed by atoms with Gasteiger partial charge in [0.1, 0.15) is 143 Å². The summed E-state index contributed by atoms with van der Waals surface area (Å²) in [5, 5.41) is 0. The third-order valence-electron chi connectivity index (χ3n) is 14.3. The van der Waals surface area contributed by atoms with Crippen LogP contribution in [-0.4, -0.2) is 64.8 Å². The summed E-state index contributed by atoms with van der Waals surface area (Å²) < 4.78 is 73.8. The number of rotatable bonds is 36. The van der Waals surface area contributed by atoms with E-state index in [2.05, 4.69) is 95.6 Å². The molecule has 0 spiro atoms. The molecule has 7 aromatic carbocycles. The molecule has 0 saturated carbocycles. The van der Waals surface area contributed by atoms with Gasteiger partial charge in [0.25, 0.3) is 0 Å². The summed E-state index contributed by atoms with van der Waals surface area (Å²) >= 11 is 19.6. The smallest absolute Gasteiger partial charge is 0.319 e. The van der Waals surface area contributed by atoms with E-state index in [1.54, 1.807) is 114 Å². The van der Waals surface area contributed by atoms with Crippen molar-refractivity contribution >= 4 is 131 Å². The summed E-state index contributed by atoms with van der Waals surface area (Å²) in [5.41, 5.74) is 8.16. The van der Waals surface area contributed by atoms with E-state index in [1.807, 2.05) is 72.8 Å². The van der Waals surface area contributed by atoms with Crippen molar-refractivity contribution in [2.75, 3.05) is 0 Å². The van der Waals surface area contributed by atoms with Crippen LogP contribution in [0.4, 0.5) is 0 Å². The molecule has 0 heterocycles. The van der Waals surface area contributed by atoms with Gasteiger partial charge in [-0.2, -0.15) is 0 Å². The van der Waals surface area contributed by atoms with Crippen LogP contribution in [0.25, 0.3) is 0 Å². The molecule has 6 atom stereocenters. The molecule has 0 aliphatic heterocycles. The molecule has 7 rings (SSSR count). The van der Waals surface area contributed by atoms with E-state index >= 15 is 0 Å². The molecular weight excluding hydrogens is 1630 g/mol. The Morgan fingerprint density at radius 1 is 0.219 bits per heavy atom. The zero-order chi connectivity index (χ0) is 69.3. The van der Waals surface area contributed by atoms with Gasteiger partial charge in [-0.3, -0.25) is 28.8 Å². The normalized spacial score (nSPS) is 12.9. The third kappa shape index (κ3) is 24.8. The largest absolute Gasteiger partial charge is 0.489 e. The molecule has 0 aliphatic rings. The van der Waals surface area contributed by atoms with Crippen LogP contribution >= 0.6 is 95.6 Å². The molecule has 0 aliphatic carbocycles. The molecule has 0 fully saturated rings. The lowest BCUT2D eigenvalue weighted by molar-refractivity contribution is -0.144. The number of ether oxygens (including phenoxy) is 12. The number of hydrogen-bond donors (Lipinski definition) is 0. The minimum atomic E-state index is -0.490. The van der Waals surface area contributed by atoms with Gasteiger partial charge in [0.15, 0.2) is 0 Å². The van der Waals surface area contributed by atoms with E-state index in [-0.39, 0.29) is 79.3 Å². The average molecular weight is 1700 g/mol. The SMILES string of the molecule is CC(Br)C(=O)OCc1ccc(OCc2c(COc3ccc(COC(=O)C(C)Br)cc3)c(COc3ccc(COC(=O)C(C)Br)cc3)c(COc3ccc(COC(=O)C(C)Br)cc3)c(COc3ccc(COC(=O)C(C)Br)cc3)c2COc2ccc(COC(=O)C(C)Br)cc2)cc1. The topological polar surface area (TPSA) is 213 Å². The number of halogens is 6. The number of carbonyl (C=O) groups excluding carboxylic acids is 6. The Bertz CT molecular complexity index is 3030. The van der Waals surface area contributed by atoms with Gasteiger partial charge < -0.3 is 56.8 Å². The monoisotopic (exact) mass is 1700 g/mol. The van der Waals surface area contributed by atoms with Crippen LogP contribution in [-0.2, 0) is 136 Å². The first-order valence-electron chi connectivity index (χ1n) is 30.3. The number of esters is 6. The van der Waals surface area contributed by atoms with Crippen LogP contribution in [0.2, 0.25) is 0 Å². The molecule has 0 bridgehead atoms. The van der Waals surface area contributed by atoms with Crippen LogP contribution in [0.3, 0.4) is 0 Å². The molecule has 0 N–H and O–H groups in total. The van der Waals surface area contributed by atoms with Gasteiger partial charge in [-0.1, -0.05) is 168 Å². The molecule has 7 aromatic rings. The molecule has 18 nitrogen and oxygen atoms in total. The van der Waals surface area contributed by atoms with Gasteiger partial charge in [0.2, 0.25) is 0 Å². The maximum atomic E-state index is 12.4. The fraction of sp³-hybridized carbons (Fsp3) is 0.333. The zero-order valence-electron chi connectivity index (χ0n) is 53.4. The quantitative estimate of drug-likeness (QED) is 0.0203. The van der Waals surface area contributed by atoms with E-state index in [4.69, 9.17) is 56.8 Å². The van der Waals surface area contributed by atoms with E-state index < -0.39 is 64.8 Å². The predicted molar refractivity (Wildman–Crippen MR) is 380 cm³/mol. The lowest BCUT2D eigenvalue weighted by Gasteiger charge is -2.28. The molecule has 0 amide bonds. The van der Waals surface area contributed by atoms with Crippen molar-refractivity contribution in [3.63, 3.8) is 0 Å². The second-order valence-electron chi connectivity index (χ2n) is 21.8. The highest BCUT2D eigenvalue weighted by Crippen LogP contribution is 2.36. The summed E-state index contributed by atoms with van der Waals surface area (Å²) in [4.78, 5) is 71.5. The highest BCUT2D eigenvalue weighted by molar-refractivity contribution is 9.10. The van der Waals surface area contributed by atoms with Crippen molar-refractivity contribution in [1.29, 1.82) is 0 Å². The fourth-order valence-corrected chi connectivity index (χ4v) is 9.57. The summed E-state index contributed by atoms with van der Waals surface area (Å²) in [6.07, 6.45) is 0. The second kappa shape index (κ2) is 38.8. The molecule has 0 saturated heterocycles. The minimum absolute atomic E-state index is 0.0359. The molecule has 0 aromatic heterocycles. The van der Waals surface area contributed by atoms with Gasteiger partial charge in [0.05, 0.1) is 0 Å². The van der Waals surface area contributed by atoms with E-state index in [0.717, 1.165) is 33.4 Å². The maximum absolute atomic E-state index is 12.4. The Balaban J connectivity index is 1.42. The summed E-state index contributed by atoms with van der Waals surface area (Å²) in [7, 11) is 0. The molecular formula is C72H72Br6O18. The van der Waals surface area contributed by atoms with Crippen molar-refractivity contribution in [2.45, 2.75) is 150 Å². The number of alkyl halides is 6. The van der Waals surface area contributed by atoms with Crippen LogP contribution < -0.4 is 28.4 Å². The van der Waals surface area contributed by atoms with Crippen molar-refractivity contribution in [2.24, 2.45) is 0 Å². The molecule has 24 heteroatoms. The Hall–Kier alpha value is -6.96. The maximum Gasteiger partial charge on any atom is 0.319 e. The lowest BCUT2D eigenvalue weighted by atomic mass is 9.87. The Kier molecular flexibility index (Phi) is 30.9. The summed E-state index contributed by atoms with van der Waals surface area (Å²) in [5.74, 6) is 0.407. The third-order valence-corrected chi connectivity index (χ3v) is 16.5. The summed E-state index contributed by atoms with van der Waals surface area (Å²) in [6, 6.07) is 43.1. The van der Waals surface area contributed by atoms with Crippen LogP contribution in [0.15, 0.2) is 146 Å². The lowest BCUT2D eigenvalue weighted by Crippen LogP contribution is -2.21. The number of carbonyl (C=O) groups is 6. The highest BCUT2D eigenvalue weighted by atomic mass is 79.9. The zero-order valence-corrected chi connectivity index (χ0v) is 62.9. The van der Waals surface area contributed by atoms with Gasteiger partial charge in [0, 0.05) is 33.4 Å². The van der Waals surface area contributed by atoms with Crippen molar-refractivity contribution in [1.82, 2.24) is 0 Å². The first-order valence-corrected chi connectivity index (χ1v) is 35.8.